The maximum Gasteiger partial charge on any atom is 0.254 e. The Morgan fingerprint density at radius 3 is 2.74 bits per heavy atom. The molecule has 6 rings (SSSR count). The molecule has 1 aromatic carbocycles. The van der Waals surface area contributed by atoms with Gasteiger partial charge < -0.3 is 25.4 Å². The Labute approximate surface area is 202 Å². The maximum absolute atomic E-state index is 12.8. The highest BCUT2D eigenvalue weighted by atomic mass is 16.5. The molecule has 1 amide bonds. The first-order valence-corrected chi connectivity index (χ1v) is 11.7. The lowest BCUT2D eigenvalue weighted by Crippen LogP contribution is -2.35. The van der Waals surface area contributed by atoms with Gasteiger partial charge in [0.2, 0.25) is 0 Å². The van der Waals surface area contributed by atoms with E-state index in [1.54, 1.807) is 7.11 Å². The van der Waals surface area contributed by atoms with Crippen molar-refractivity contribution in [3.05, 3.63) is 66.1 Å². The van der Waals surface area contributed by atoms with E-state index in [2.05, 4.69) is 25.5 Å². The van der Waals surface area contributed by atoms with Gasteiger partial charge in [-0.3, -0.25) is 9.20 Å². The predicted octanol–water partition coefficient (Wildman–Crippen LogP) is 3.35. The molecule has 1 saturated heterocycles. The van der Waals surface area contributed by atoms with Crippen LogP contribution in [0.3, 0.4) is 0 Å². The molecule has 3 N–H and O–H groups in total. The lowest BCUT2D eigenvalue weighted by Gasteiger charge is -2.31. The molecule has 178 valence electrons. The Morgan fingerprint density at radius 1 is 1.11 bits per heavy atom. The molecule has 35 heavy (non-hydrogen) atoms. The molecule has 0 radical (unpaired) electrons. The number of rotatable bonds is 5. The molecule has 0 bridgehead atoms. The molecule has 0 atom stereocenters. The first kappa shape index (κ1) is 21.4. The second kappa shape index (κ2) is 8.59. The Morgan fingerprint density at radius 2 is 1.97 bits per heavy atom. The average molecular weight is 471 g/mol. The van der Waals surface area contributed by atoms with Gasteiger partial charge in [-0.1, -0.05) is 6.07 Å². The van der Waals surface area contributed by atoms with E-state index in [4.69, 9.17) is 4.74 Å². The van der Waals surface area contributed by atoms with Crippen LogP contribution in [0.1, 0.15) is 28.8 Å². The Kier molecular flexibility index (Phi) is 5.26. The van der Waals surface area contributed by atoms with Crippen molar-refractivity contribution in [3.8, 4) is 17.0 Å². The van der Waals surface area contributed by atoms with Gasteiger partial charge in [-0.25, -0.2) is 9.97 Å². The number of aromatic nitrogens is 3. The van der Waals surface area contributed by atoms with Gasteiger partial charge in [0.25, 0.3) is 5.91 Å². The van der Waals surface area contributed by atoms with Crippen LogP contribution < -0.4 is 20.3 Å². The molecular formula is C26H26N6O3. The highest BCUT2D eigenvalue weighted by Gasteiger charge is 2.27. The molecule has 2 aliphatic heterocycles. The first-order chi connectivity index (χ1) is 17.1. The molecule has 9 heteroatoms. The number of methoxy groups -OCH3 is 1. The third-order valence-corrected chi connectivity index (χ3v) is 6.80. The summed E-state index contributed by atoms with van der Waals surface area (Å²) in [5.41, 5.74) is 5.96. The lowest BCUT2D eigenvalue weighted by atomic mass is 9.99. The fourth-order valence-electron chi connectivity index (χ4n) is 4.89. The molecule has 3 aromatic heterocycles. The van der Waals surface area contributed by atoms with E-state index < -0.39 is 0 Å². The third kappa shape index (κ3) is 3.83. The standard InChI is InChI=1S/C26H26N6O3/c1-35-18-8-11-32-22(15-28-24(32)12-18)19-3-4-21(25-20(19)14-29-26(25)34)30-23-5-2-16(13-27-23)31-9-6-17(33)7-10-31/h2-5,8,11-13,15,17,33H,6-7,9-10,14H2,1H3,(H,27,30)(H,29,34). The van der Waals surface area contributed by atoms with Crippen LogP contribution in [-0.4, -0.2) is 51.7 Å². The zero-order chi connectivity index (χ0) is 23.9. The van der Waals surface area contributed by atoms with Crippen LogP contribution in [0, 0.1) is 0 Å². The summed E-state index contributed by atoms with van der Waals surface area (Å²) in [6.45, 7) is 2.09. The number of benzene rings is 1. The summed E-state index contributed by atoms with van der Waals surface area (Å²) in [7, 11) is 1.63. The second-order valence-corrected chi connectivity index (χ2v) is 8.88. The van der Waals surface area contributed by atoms with Crippen molar-refractivity contribution in [2.24, 2.45) is 0 Å². The van der Waals surface area contributed by atoms with Crippen LogP contribution in [0.15, 0.2) is 55.0 Å². The number of fused-ring (bicyclic) bond motifs is 2. The Bertz CT molecular complexity index is 1410. The van der Waals surface area contributed by atoms with Gasteiger partial charge in [0.15, 0.2) is 0 Å². The number of ether oxygens (including phenoxy) is 1. The number of pyridine rings is 2. The minimum atomic E-state index is -0.209. The van der Waals surface area contributed by atoms with E-state index in [-0.39, 0.29) is 12.0 Å². The summed E-state index contributed by atoms with van der Waals surface area (Å²) in [6.07, 6.45) is 6.91. The van der Waals surface area contributed by atoms with Gasteiger partial charge in [0.1, 0.15) is 17.2 Å². The molecule has 0 saturated carbocycles. The number of nitrogens with zero attached hydrogens (tertiary/aromatic N) is 4. The van der Waals surface area contributed by atoms with Crippen molar-refractivity contribution >= 4 is 28.7 Å². The van der Waals surface area contributed by atoms with Crippen molar-refractivity contribution in [2.75, 3.05) is 30.4 Å². The Balaban J connectivity index is 1.30. The van der Waals surface area contributed by atoms with Gasteiger partial charge in [-0.2, -0.15) is 0 Å². The van der Waals surface area contributed by atoms with Crippen LogP contribution in [-0.2, 0) is 6.54 Å². The lowest BCUT2D eigenvalue weighted by molar-refractivity contribution is 0.0966. The first-order valence-electron chi connectivity index (χ1n) is 11.7. The largest absolute Gasteiger partial charge is 0.497 e. The minimum absolute atomic E-state index is 0.108. The molecule has 2 aliphatic rings. The molecule has 4 aromatic rings. The van der Waals surface area contributed by atoms with Crippen LogP contribution in [0.5, 0.6) is 5.75 Å². The number of carbonyl (C=O) groups is 1. The molecule has 0 unspecified atom stereocenters. The van der Waals surface area contributed by atoms with Gasteiger partial charge in [-0.05, 0) is 42.7 Å². The number of imidazole rings is 1. The minimum Gasteiger partial charge on any atom is -0.497 e. The number of piperidine rings is 1. The van der Waals surface area contributed by atoms with Crippen molar-refractivity contribution < 1.29 is 14.6 Å². The number of amides is 1. The van der Waals surface area contributed by atoms with Crippen LogP contribution >= 0.6 is 0 Å². The van der Waals surface area contributed by atoms with Crippen molar-refractivity contribution in [2.45, 2.75) is 25.5 Å². The maximum atomic E-state index is 12.8. The fourth-order valence-corrected chi connectivity index (χ4v) is 4.89. The molecule has 0 aliphatic carbocycles. The number of aliphatic hydroxyl groups is 1. The van der Waals surface area contributed by atoms with Gasteiger partial charge in [-0.15, -0.1) is 0 Å². The topological polar surface area (TPSA) is 104 Å². The molecule has 5 heterocycles. The van der Waals surface area contributed by atoms with Crippen LogP contribution in [0.2, 0.25) is 0 Å². The van der Waals surface area contributed by atoms with E-state index in [9.17, 15) is 9.90 Å². The van der Waals surface area contributed by atoms with Gasteiger partial charge in [0, 0.05) is 37.5 Å². The SMILES string of the molecule is COc1ccn2c(-c3ccc(Nc4ccc(N5CCC(O)CC5)cn4)c4c3CNC4=O)cnc2c1. The summed E-state index contributed by atoms with van der Waals surface area (Å²) in [5.74, 6) is 1.30. The smallest absolute Gasteiger partial charge is 0.254 e. The highest BCUT2D eigenvalue weighted by Crippen LogP contribution is 2.35. The number of aliphatic hydroxyl groups excluding tert-OH is 1. The summed E-state index contributed by atoms with van der Waals surface area (Å²) >= 11 is 0. The number of nitrogens with one attached hydrogen (secondary N) is 2. The highest BCUT2D eigenvalue weighted by molar-refractivity contribution is 6.06. The van der Waals surface area contributed by atoms with Crippen molar-refractivity contribution in [3.63, 3.8) is 0 Å². The quantitative estimate of drug-likeness (QED) is 0.411. The fraction of sp³-hybridized carbons (Fsp3) is 0.269. The van der Waals surface area contributed by atoms with Gasteiger partial charge >= 0.3 is 0 Å². The third-order valence-electron chi connectivity index (χ3n) is 6.80. The van der Waals surface area contributed by atoms with E-state index in [0.29, 0.717) is 17.9 Å². The van der Waals surface area contributed by atoms with E-state index in [1.165, 1.54) is 0 Å². The Hall–Kier alpha value is -4.11. The van der Waals surface area contributed by atoms with Crippen LogP contribution in [0.25, 0.3) is 16.9 Å². The van der Waals surface area contributed by atoms with E-state index >= 15 is 0 Å². The summed E-state index contributed by atoms with van der Waals surface area (Å²) in [6, 6.07) is 11.6. The molecule has 9 nitrogen and oxygen atoms in total. The van der Waals surface area contributed by atoms with E-state index in [1.807, 2.05) is 59.4 Å². The van der Waals surface area contributed by atoms with E-state index in [0.717, 1.165) is 65.5 Å². The van der Waals surface area contributed by atoms with Gasteiger partial charge in [0.05, 0.1) is 48.2 Å². The number of carbonyl (C=O) groups excluding carboxylic acids is 1. The summed E-state index contributed by atoms with van der Waals surface area (Å²) in [4.78, 5) is 24.1. The average Bonchev–Trinajstić information content (AvgIpc) is 3.49. The second-order valence-electron chi connectivity index (χ2n) is 8.88. The molecule has 0 spiro atoms. The molecule has 1 fully saturated rings. The normalized spacial score (nSPS) is 15.8. The summed E-state index contributed by atoms with van der Waals surface area (Å²) in [5, 5.41) is 16.0. The zero-order valence-corrected chi connectivity index (χ0v) is 19.4. The molecular weight excluding hydrogens is 444 g/mol. The summed E-state index contributed by atoms with van der Waals surface area (Å²) < 4.78 is 7.30. The monoisotopic (exact) mass is 470 g/mol. The predicted molar refractivity (Wildman–Crippen MR) is 133 cm³/mol. The zero-order valence-electron chi connectivity index (χ0n) is 19.4. The number of hydrogen-bond acceptors (Lipinski definition) is 7. The van der Waals surface area contributed by atoms with Crippen molar-refractivity contribution in [1.82, 2.24) is 19.7 Å². The van der Waals surface area contributed by atoms with Crippen molar-refractivity contribution in [1.29, 1.82) is 0 Å². The number of hydrogen-bond donors (Lipinski definition) is 3. The van der Waals surface area contributed by atoms with Crippen LogP contribution in [0.4, 0.5) is 17.2 Å². The number of anilines is 3.